The van der Waals surface area contributed by atoms with Gasteiger partial charge in [-0.05, 0) is 31.5 Å². The number of phenols is 1. The molecular formula is C13H15NO2. The van der Waals surface area contributed by atoms with Crippen LogP contribution in [0.2, 0.25) is 0 Å². The maximum Gasteiger partial charge on any atom is 0.134 e. The minimum atomic E-state index is 0.110. The highest BCUT2D eigenvalue weighted by Gasteiger charge is 2.12. The van der Waals surface area contributed by atoms with Gasteiger partial charge >= 0.3 is 0 Å². The highest BCUT2D eigenvalue weighted by atomic mass is 16.3. The summed E-state index contributed by atoms with van der Waals surface area (Å²) >= 11 is 0. The van der Waals surface area contributed by atoms with Crippen molar-refractivity contribution in [3.05, 3.63) is 30.0 Å². The second-order valence-corrected chi connectivity index (χ2v) is 3.99. The van der Waals surface area contributed by atoms with Gasteiger partial charge in [-0.1, -0.05) is 6.07 Å². The molecular weight excluding hydrogens is 202 g/mol. The molecule has 0 saturated heterocycles. The van der Waals surface area contributed by atoms with Gasteiger partial charge in [0.2, 0.25) is 0 Å². The van der Waals surface area contributed by atoms with Gasteiger partial charge in [-0.25, -0.2) is 0 Å². The summed E-state index contributed by atoms with van der Waals surface area (Å²) in [4.78, 5) is 11.2. The minimum Gasteiger partial charge on any atom is -0.507 e. The third-order valence-electron chi connectivity index (χ3n) is 2.74. The van der Waals surface area contributed by atoms with Crippen molar-refractivity contribution in [1.29, 1.82) is 0 Å². The van der Waals surface area contributed by atoms with E-state index < -0.39 is 0 Å². The van der Waals surface area contributed by atoms with Gasteiger partial charge in [0.25, 0.3) is 0 Å². The van der Waals surface area contributed by atoms with Crippen LogP contribution in [-0.4, -0.2) is 15.5 Å². The molecule has 0 radical (unpaired) electrons. The lowest BCUT2D eigenvalue weighted by Crippen LogP contribution is -1.95. The summed E-state index contributed by atoms with van der Waals surface area (Å²) in [5.41, 5.74) is 1.89. The third kappa shape index (κ3) is 1.69. The summed E-state index contributed by atoms with van der Waals surface area (Å²) in [6.07, 6.45) is 2.33. The summed E-state index contributed by atoms with van der Waals surface area (Å²) in [6, 6.07) is 5.44. The molecule has 1 N–H and O–H groups in total. The van der Waals surface area contributed by atoms with Gasteiger partial charge in [0.05, 0.1) is 5.52 Å². The molecule has 1 heterocycles. The molecule has 0 atom stereocenters. The Kier molecular flexibility index (Phi) is 2.69. The summed E-state index contributed by atoms with van der Waals surface area (Å²) in [6.45, 7) is 4.44. The molecule has 1 aromatic carbocycles. The number of carbonyl (C=O) groups excluding carboxylic acids is 1. The van der Waals surface area contributed by atoms with Crippen LogP contribution in [0.1, 0.15) is 19.4 Å². The van der Waals surface area contributed by atoms with Crippen molar-refractivity contribution < 1.29 is 9.90 Å². The zero-order valence-electron chi connectivity index (χ0n) is 9.53. The van der Waals surface area contributed by atoms with Crippen molar-refractivity contribution in [3.8, 4) is 5.75 Å². The number of hydrogen-bond acceptors (Lipinski definition) is 2. The standard InChI is InChI=1S/C13H15NO2/c1-3-14-8-10(7-9(2)15)13-11(14)5-4-6-12(13)16/h4-6,8,16H,3,7H2,1-2H3. The number of Topliss-reactive ketones (excluding diaryl/α,β-unsaturated/α-hetero) is 1. The van der Waals surface area contributed by atoms with Crippen molar-refractivity contribution in [2.75, 3.05) is 0 Å². The molecule has 0 bridgehead atoms. The maximum atomic E-state index is 11.2. The topological polar surface area (TPSA) is 42.2 Å². The molecule has 16 heavy (non-hydrogen) atoms. The third-order valence-corrected chi connectivity index (χ3v) is 2.74. The van der Waals surface area contributed by atoms with Crippen molar-refractivity contribution >= 4 is 16.7 Å². The van der Waals surface area contributed by atoms with Crippen molar-refractivity contribution in [3.63, 3.8) is 0 Å². The number of carbonyl (C=O) groups is 1. The normalized spacial score (nSPS) is 10.9. The van der Waals surface area contributed by atoms with Gasteiger partial charge in [-0.3, -0.25) is 4.79 Å². The van der Waals surface area contributed by atoms with E-state index in [0.717, 1.165) is 23.0 Å². The number of fused-ring (bicyclic) bond motifs is 1. The zero-order chi connectivity index (χ0) is 11.7. The predicted molar refractivity (Wildman–Crippen MR) is 63.7 cm³/mol. The largest absolute Gasteiger partial charge is 0.507 e. The lowest BCUT2D eigenvalue weighted by atomic mass is 10.1. The first kappa shape index (κ1) is 10.7. The van der Waals surface area contributed by atoms with Gasteiger partial charge < -0.3 is 9.67 Å². The molecule has 0 amide bonds. The number of phenolic OH excluding ortho intramolecular Hbond substituents is 1. The Hall–Kier alpha value is -1.77. The van der Waals surface area contributed by atoms with Crippen LogP contribution in [0.15, 0.2) is 24.4 Å². The Morgan fingerprint density at radius 2 is 2.19 bits per heavy atom. The van der Waals surface area contributed by atoms with Gasteiger partial charge in [-0.2, -0.15) is 0 Å². The lowest BCUT2D eigenvalue weighted by Gasteiger charge is -2.00. The summed E-state index contributed by atoms with van der Waals surface area (Å²) in [7, 11) is 0. The lowest BCUT2D eigenvalue weighted by molar-refractivity contribution is -0.116. The van der Waals surface area contributed by atoms with Crippen LogP contribution in [-0.2, 0) is 17.8 Å². The van der Waals surface area contributed by atoms with Gasteiger partial charge in [0.1, 0.15) is 11.5 Å². The fourth-order valence-corrected chi connectivity index (χ4v) is 2.08. The highest BCUT2D eigenvalue weighted by Crippen LogP contribution is 2.30. The van der Waals surface area contributed by atoms with Crippen LogP contribution in [0.5, 0.6) is 5.75 Å². The van der Waals surface area contributed by atoms with Crippen LogP contribution in [0, 0.1) is 0 Å². The molecule has 2 rings (SSSR count). The van der Waals surface area contributed by atoms with Crippen LogP contribution in [0.25, 0.3) is 10.9 Å². The minimum absolute atomic E-state index is 0.110. The molecule has 1 aromatic heterocycles. The molecule has 0 saturated carbocycles. The van der Waals surface area contributed by atoms with E-state index in [1.807, 2.05) is 29.8 Å². The molecule has 3 heteroatoms. The predicted octanol–water partition coefficient (Wildman–Crippen LogP) is 2.50. The molecule has 0 spiro atoms. The number of aryl methyl sites for hydroxylation is 1. The molecule has 0 fully saturated rings. The Morgan fingerprint density at radius 3 is 2.81 bits per heavy atom. The number of rotatable bonds is 3. The van der Waals surface area contributed by atoms with Crippen molar-refractivity contribution in [1.82, 2.24) is 4.57 Å². The highest BCUT2D eigenvalue weighted by molar-refractivity contribution is 5.93. The molecule has 0 aliphatic heterocycles. The zero-order valence-corrected chi connectivity index (χ0v) is 9.53. The SMILES string of the molecule is CCn1cc(CC(C)=O)c2c(O)cccc21. The van der Waals surface area contributed by atoms with E-state index in [2.05, 4.69) is 0 Å². The Bertz CT molecular complexity index is 540. The smallest absolute Gasteiger partial charge is 0.134 e. The van der Waals surface area contributed by atoms with Gasteiger partial charge in [-0.15, -0.1) is 0 Å². The van der Waals surface area contributed by atoms with Gasteiger partial charge in [0.15, 0.2) is 0 Å². The summed E-state index contributed by atoms with van der Waals surface area (Å²) in [5, 5.41) is 10.7. The second kappa shape index (κ2) is 4.00. The summed E-state index contributed by atoms with van der Waals surface area (Å²) < 4.78 is 2.05. The molecule has 2 aromatic rings. The quantitative estimate of drug-likeness (QED) is 0.858. The first-order chi connectivity index (χ1) is 7.63. The fraction of sp³-hybridized carbons (Fsp3) is 0.308. The number of aromatic hydroxyl groups is 1. The first-order valence-corrected chi connectivity index (χ1v) is 5.42. The number of benzene rings is 1. The number of hydrogen-bond donors (Lipinski definition) is 1. The average molecular weight is 217 g/mol. The molecule has 0 unspecified atom stereocenters. The van der Waals surface area contributed by atoms with E-state index in [-0.39, 0.29) is 11.5 Å². The van der Waals surface area contributed by atoms with Crippen molar-refractivity contribution in [2.24, 2.45) is 0 Å². The number of ketones is 1. The number of aromatic nitrogens is 1. The summed E-state index contributed by atoms with van der Waals surface area (Å²) in [5.74, 6) is 0.361. The molecule has 0 aliphatic rings. The first-order valence-electron chi connectivity index (χ1n) is 5.42. The van der Waals surface area contributed by atoms with E-state index in [9.17, 15) is 9.90 Å². The second-order valence-electron chi connectivity index (χ2n) is 3.99. The average Bonchev–Trinajstić information content (AvgIpc) is 2.57. The van der Waals surface area contributed by atoms with Gasteiger partial charge in [0, 0.05) is 24.5 Å². The Morgan fingerprint density at radius 1 is 1.44 bits per heavy atom. The van der Waals surface area contributed by atoms with Crippen LogP contribution >= 0.6 is 0 Å². The number of nitrogens with zero attached hydrogens (tertiary/aromatic N) is 1. The molecule has 3 nitrogen and oxygen atoms in total. The molecule has 84 valence electrons. The van der Waals surface area contributed by atoms with E-state index in [1.165, 1.54) is 0 Å². The van der Waals surface area contributed by atoms with E-state index in [4.69, 9.17) is 0 Å². The van der Waals surface area contributed by atoms with E-state index >= 15 is 0 Å². The van der Waals surface area contributed by atoms with Crippen LogP contribution in [0.4, 0.5) is 0 Å². The maximum absolute atomic E-state index is 11.2. The molecule has 0 aliphatic carbocycles. The van der Waals surface area contributed by atoms with E-state index in [1.54, 1.807) is 13.0 Å². The van der Waals surface area contributed by atoms with Crippen LogP contribution in [0.3, 0.4) is 0 Å². The Labute approximate surface area is 94.3 Å². The monoisotopic (exact) mass is 217 g/mol. The fourth-order valence-electron chi connectivity index (χ4n) is 2.08. The van der Waals surface area contributed by atoms with E-state index in [0.29, 0.717) is 6.42 Å². The Balaban J connectivity index is 2.69. The van der Waals surface area contributed by atoms with Crippen molar-refractivity contribution in [2.45, 2.75) is 26.8 Å². The van der Waals surface area contributed by atoms with Crippen LogP contribution < -0.4 is 0 Å².